The van der Waals surface area contributed by atoms with Crippen molar-refractivity contribution in [3.05, 3.63) is 35.6 Å². The fourth-order valence-corrected chi connectivity index (χ4v) is 2.76. The number of rotatable bonds is 7. The van der Waals surface area contributed by atoms with Gasteiger partial charge in [-0.25, -0.2) is 4.39 Å². The average molecular weight is 305 g/mol. The molecule has 3 heteroatoms. The lowest BCUT2D eigenvalue weighted by atomic mass is 9.97. The monoisotopic (exact) mass is 304 g/mol. The van der Waals surface area contributed by atoms with Crippen molar-refractivity contribution in [1.82, 2.24) is 0 Å². The van der Waals surface area contributed by atoms with E-state index in [0.29, 0.717) is 5.92 Å². The summed E-state index contributed by atoms with van der Waals surface area (Å²) in [6, 6.07) is 6.94. The third kappa shape index (κ3) is 5.35. The highest BCUT2D eigenvalue weighted by Gasteiger charge is 2.08. The van der Waals surface area contributed by atoms with Crippen LogP contribution in [0.2, 0.25) is 0 Å². The van der Waals surface area contributed by atoms with Gasteiger partial charge in [0.15, 0.2) is 0 Å². The van der Waals surface area contributed by atoms with E-state index >= 15 is 0 Å². The van der Waals surface area contributed by atoms with Crippen molar-refractivity contribution in [3.8, 4) is 0 Å². The van der Waals surface area contributed by atoms with Crippen molar-refractivity contribution < 1.29 is 4.39 Å². The number of benzene rings is 1. The maximum absolute atomic E-state index is 13.0. The van der Waals surface area contributed by atoms with E-state index in [4.69, 9.17) is 0 Å². The lowest BCUT2D eigenvalue weighted by Crippen LogP contribution is -2.07. The number of hydrogen-bond donors (Lipinski definition) is 0. The highest BCUT2D eigenvalue weighted by Crippen LogP contribution is 2.18. The zero-order valence-electron chi connectivity index (χ0n) is 9.59. The molecule has 0 N–H and O–H groups in total. The van der Waals surface area contributed by atoms with Crippen LogP contribution in [0.25, 0.3) is 0 Å². The summed E-state index contributed by atoms with van der Waals surface area (Å²) in [5.74, 6) is 1.70. The van der Waals surface area contributed by atoms with Gasteiger partial charge in [-0.1, -0.05) is 28.1 Å². The van der Waals surface area contributed by atoms with Crippen LogP contribution in [0.4, 0.5) is 4.39 Å². The Kier molecular flexibility index (Phi) is 7.13. The molecule has 1 atom stereocenters. The Balaban J connectivity index is 2.43. The van der Waals surface area contributed by atoms with Crippen LogP contribution in [-0.4, -0.2) is 17.3 Å². The zero-order chi connectivity index (χ0) is 11.8. The van der Waals surface area contributed by atoms with Gasteiger partial charge in [0.2, 0.25) is 0 Å². The van der Waals surface area contributed by atoms with E-state index in [2.05, 4.69) is 22.2 Å². The van der Waals surface area contributed by atoms with Gasteiger partial charge in [-0.15, -0.1) is 0 Å². The maximum atomic E-state index is 13.0. The summed E-state index contributed by atoms with van der Waals surface area (Å²) in [5.41, 5.74) is 1.11. The van der Waals surface area contributed by atoms with Crippen LogP contribution in [-0.2, 0) is 6.42 Å². The summed E-state index contributed by atoms with van der Waals surface area (Å²) in [4.78, 5) is 0. The molecule has 0 nitrogen and oxygen atoms in total. The van der Waals surface area contributed by atoms with Crippen LogP contribution < -0.4 is 0 Å². The van der Waals surface area contributed by atoms with Crippen molar-refractivity contribution >= 4 is 27.7 Å². The summed E-state index contributed by atoms with van der Waals surface area (Å²) < 4.78 is 13.0. The van der Waals surface area contributed by atoms with Crippen molar-refractivity contribution in [2.75, 3.05) is 17.3 Å². The normalized spacial score (nSPS) is 12.7. The molecular weight excluding hydrogens is 287 g/mol. The molecule has 1 aromatic carbocycles. The van der Waals surface area contributed by atoms with Crippen LogP contribution >= 0.6 is 27.7 Å². The molecule has 0 fully saturated rings. The van der Waals surface area contributed by atoms with Crippen LogP contribution in [0.15, 0.2) is 24.3 Å². The summed E-state index contributed by atoms with van der Waals surface area (Å²) >= 11 is 5.43. The molecule has 0 aliphatic heterocycles. The predicted octanol–water partition coefficient (Wildman–Crippen LogP) is 4.52. The molecule has 16 heavy (non-hydrogen) atoms. The van der Waals surface area contributed by atoms with Crippen molar-refractivity contribution in [1.29, 1.82) is 0 Å². The smallest absolute Gasteiger partial charge is 0.123 e. The molecule has 1 rings (SSSR count). The second-order valence-electron chi connectivity index (χ2n) is 3.99. The topological polar surface area (TPSA) is 0 Å². The number of hydrogen-bond acceptors (Lipinski definition) is 1. The molecule has 1 unspecified atom stereocenters. The van der Waals surface area contributed by atoms with Crippen molar-refractivity contribution in [2.24, 2.45) is 5.92 Å². The minimum atomic E-state index is -0.130. The van der Waals surface area contributed by atoms with Gasteiger partial charge in [-0.2, -0.15) is 11.8 Å². The zero-order valence-corrected chi connectivity index (χ0v) is 12.0. The lowest BCUT2D eigenvalue weighted by Gasteiger charge is -2.13. The lowest BCUT2D eigenvalue weighted by molar-refractivity contribution is 0.534. The fourth-order valence-electron chi connectivity index (χ4n) is 1.75. The van der Waals surface area contributed by atoms with E-state index in [9.17, 15) is 4.39 Å². The van der Waals surface area contributed by atoms with Gasteiger partial charge in [-0.3, -0.25) is 0 Å². The third-order valence-corrected chi connectivity index (χ3v) is 4.21. The number of halogens is 2. The first-order valence-corrected chi connectivity index (χ1v) is 8.07. The highest BCUT2D eigenvalue weighted by molar-refractivity contribution is 9.09. The molecule has 1 aromatic rings. The molecule has 0 aliphatic rings. The molecule has 0 spiro atoms. The Morgan fingerprint density at radius 1 is 1.44 bits per heavy atom. The molecule has 0 saturated heterocycles. The van der Waals surface area contributed by atoms with Gasteiger partial charge < -0.3 is 0 Å². The Labute approximate surface area is 110 Å². The first-order valence-electron chi connectivity index (χ1n) is 5.55. The van der Waals surface area contributed by atoms with Crippen LogP contribution in [0.5, 0.6) is 0 Å². The standard InChI is InChI=1S/C13H18BrFS/c1-16-7-3-5-12(10-14)8-11-4-2-6-13(15)9-11/h2,4,6,9,12H,3,5,7-8,10H2,1H3. The second-order valence-corrected chi connectivity index (χ2v) is 5.62. The van der Waals surface area contributed by atoms with Gasteiger partial charge in [0, 0.05) is 5.33 Å². The van der Waals surface area contributed by atoms with E-state index in [1.54, 1.807) is 12.1 Å². The van der Waals surface area contributed by atoms with E-state index in [0.717, 1.165) is 17.3 Å². The molecule has 0 amide bonds. The minimum Gasteiger partial charge on any atom is -0.207 e. The first-order chi connectivity index (χ1) is 7.76. The summed E-state index contributed by atoms with van der Waals surface area (Å²) in [5, 5.41) is 0.998. The Morgan fingerprint density at radius 3 is 2.88 bits per heavy atom. The molecule has 0 heterocycles. The fraction of sp³-hybridized carbons (Fsp3) is 0.538. The first kappa shape index (κ1) is 14.0. The van der Waals surface area contributed by atoms with Crippen LogP contribution in [0, 0.1) is 11.7 Å². The maximum Gasteiger partial charge on any atom is 0.123 e. The average Bonchev–Trinajstić information content (AvgIpc) is 2.28. The molecular formula is C13H18BrFS. The van der Waals surface area contributed by atoms with E-state index in [-0.39, 0.29) is 5.82 Å². The van der Waals surface area contributed by atoms with Crippen LogP contribution in [0.1, 0.15) is 18.4 Å². The molecule has 0 aliphatic carbocycles. The predicted molar refractivity (Wildman–Crippen MR) is 75.0 cm³/mol. The van der Waals surface area contributed by atoms with E-state index in [1.807, 2.05) is 17.8 Å². The largest absolute Gasteiger partial charge is 0.207 e. The Hall–Kier alpha value is -0.0200. The Morgan fingerprint density at radius 2 is 2.25 bits per heavy atom. The number of thioether (sulfide) groups is 1. The molecule has 90 valence electrons. The quantitative estimate of drug-likeness (QED) is 0.527. The van der Waals surface area contributed by atoms with Crippen LogP contribution in [0.3, 0.4) is 0 Å². The van der Waals surface area contributed by atoms with Crippen molar-refractivity contribution in [3.63, 3.8) is 0 Å². The third-order valence-electron chi connectivity index (χ3n) is 2.59. The summed E-state index contributed by atoms with van der Waals surface area (Å²) in [6.45, 7) is 0. The second kappa shape index (κ2) is 8.13. The number of alkyl halides is 1. The highest BCUT2D eigenvalue weighted by atomic mass is 79.9. The summed E-state index contributed by atoms with van der Waals surface area (Å²) in [6.07, 6.45) is 5.56. The SMILES string of the molecule is CSCCCC(CBr)Cc1cccc(F)c1. The molecule has 0 aromatic heterocycles. The van der Waals surface area contributed by atoms with Crippen molar-refractivity contribution in [2.45, 2.75) is 19.3 Å². The molecule has 0 radical (unpaired) electrons. The van der Waals surface area contributed by atoms with Gasteiger partial charge in [-0.05, 0) is 54.9 Å². The van der Waals surface area contributed by atoms with Gasteiger partial charge >= 0.3 is 0 Å². The Bertz CT molecular complexity index is 304. The summed E-state index contributed by atoms with van der Waals surface area (Å²) in [7, 11) is 0. The molecule has 0 saturated carbocycles. The van der Waals surface area contributed by atoms with Gasteiger partial charge in [0.05, 0.1) is 0 Å². The van der Waals surface area contributed by atoms with Gasteiger partial charge in [0.25, 0.3) is 0 Å². The van der Waals surface area contributed by atoms with Gasteiger partial charge in [0.1, 0.15) is 5.82 Å². The van der Waals surface area contributed by atoms with E-state index < -0.39 is 0 Å². The van der Waals surface area contributed by atoms with E-state index in [1.165, 1.54) is 24.7 Å². The minimum absolute atomic E-state index is 0.130. The molecule has 0 bridgehead atoms.